The summed E-state index contributed by atoms with van der Waals surface area (Å²) in [4.78, 5) is 11.7. The molecule has 0 bridgehead atoms. The van der Waals surface area contributed by atoms with Gasteiger partial charge in [0, 0.05) is 6.54 Å². The third-order valence-electron chi connectivity index (χ3n) is 3.97. The average molecular weight is 252 g/mol. The van der Waals surface area contributed by atoms with Crippen LogP contribution in [-0.4, -0.2) is 29.8 Å². The molecule has 0 aromatic heterocycles. The lowest BCUT2D eigenvalue weighted by molar-refractivity contribution is 0.0942. The summed E-state index contributed by atoms with van der Waals surface area (Å²) >= 11 is 0. The van der Waals surface area contributed by atoms with Crippen molar-refractivity contribution in [2.75, 3.05) is 6.54 Å². The number of allylic oxidation sites excluding steroid dienone is 2. The lowest BCUT2D eigenvalue weighted by Crippen LogP contribution is -2.49. The number of amides is 2. The molecule has 1 fully saturated rings. The largest absolute Gasteiger partial charge is 0.391 e. The minimum Gasteiger partial charge on any atom is -0.391 e. The SMILES string of the molecule is O=C(NC[C@@H]1CC=CCC1)N[C@@H]1CCCC[C@H]1O. The van der Waals surface area contributed by atoms with Gasteiger partial charge in [0.25, 0.3) is 0 Å². The number of hydrogen-bond donors (Lipinski definition) is 3. The Hall–Kier alpha value is -1.03. The Morgan fingerprint density at radius 3 is 2.78 bits per heavy atom. The molecular formula is C14H24N2O2. The van der Waals surface area contributed by atoms with Crippen molar-refractivity contribution in [3.05, 3.63) is 12.2 Å². The molecule has 0 heterocycles. The van der Waals surface area contributed by atoms with Gasteiger partial charge in [-0.1, -0.05) is 25.0 Å². The van der Waals surface area contributed by atoms with Gasteiger partial charge < -0.3 is 15.7 Å². The summed E-state index contributed by atoms with van der Waals surface area (Å²) in [7, 11) is 0. The van der Waals surface area contributed by atoms with Crippen LogP contribution >= 0.6 is 0 Å². The molecule has 0 spiro atoms. The van der Waals surface area contributed by atoms with Crippen LogP contribution in [0.3, 0.4) is 0 Å². The van der Waals surface area contributed by atoms with Gasteiger partial charge in [-0.15, -0.1) is 0 Å². The Morgan fingerprint density at radius 2 is 2.06 bits per heavy atom. The molecule has 0 radical (unpaired) electrons. The van der Waals surface area contributed by atoms with Crippen molar-refractivity contribution < 1.29 is 9.90 Å². The lowest BCUT2D eigenvalue weighted by atomic mass is 9.92. The summed E-state index contributed by atoms with van der Waals surface area (Å²) in [6.45, 7) is 0.735. The van der Waals surface area contributed by atoms with Gasteiger partial charge in [0.15, 0.2) is 0 Å². The summed E-state index contributed by atoms with van der Waals surface area (Å²) in [6, 6.07) is -0.194. The molecule has 18 heavy (non-hydrogen) atoms. The first-order chi connectivity index (χ1) is 8.75. The Kier molecular flexibility index (Phi) is 5.05. The van der Waals surface area contributed by atoms with Gasteiger partial charge in [0.1, 0.15) is 0 Å². The quantitative estimate of drug-likeness (QED) is 0.672. The van der Waals surface area contributed by atoms with Gasteiger partial charge in [-0.2, -0.15) is 0 Å². The molecule has 1 saturated carbocycles. The fourth-order valence-corrected chi connectivity index (χ4v) is 2.78. The summed E-state index contributed by atoms with van der Waals surface area (Å²) in [5.41, 5.74) is 0. The first kappa shape index (κ1) is 13.4. The van der Waals surface area contributed by atoms with Crippen molar-refractivity contribution in [3.63, 3.8) is 0 Å². The van der Waals surface area contributed by atoms with Crippen LogP contribution in [0.5, 0.6) is 0 Å². The van der Waals surface area contributed by atoms with Crippen molar-refractivity contribution in [1.82, 2.24) is 10.6 Å². The predicted octanol–water partition coefficient (Wildman–Crippen LogP) is 1.95. The molecule has 2 aliphatic rings. The van der Waals surface area contributed by atoms with Crippen molar-refractivity contribution in [2.45, 2.75) is 57.1 Å². The molecule has 102 valence electrons. The zero-order chi connectivity index (χ0) is 12.8. The maximum atomic E-state index is 11.7. The second kappa shape index (κ2) is 6.78. The summed E-state index contributed by atoms with van der Waals surface area (Å²) < 4.78 is 0. The van der Waals surface area contributed by atoms with Gasteiger partial charge >= 0.3 is 6.03 Å². The summed E-state index contributed by atoms with van der Waals surface area (Å²) in [5, 5.41) is 15.6. The molecule has 0 saturated heterocycles. The topological polar surface area (TPSA) is 61.4 Å². The second-order valence-electron chi connectivity index (χ2n) is 5.46. The standard InChI is InChI=1S/C14H24N2O2/c17-13-9-5-4-8-12(13)16-14(18)15-10-11-6-2-1-3-7-11/h1-2,11-13,17H,3-10H2,(H2,15,16,18)/t11-,12-,13-/m1/s1. The van der Waals surface area contributed by atoms with Crippen LogP contribution in [0.4, 0.5) is 4.79 Å². The molecule has 0 aromatic rings. The van der Waals surface area contributed by atoms with E-state index in [2.05, 4.69) is 22.8 Å². The molecule has 2 rings (SSSR count). The first-order valence-electron chi connectivity index (χ1n) is 7.13. The van der Waals surface area contributed by atoms with Crippen molar-refractivity contribution >= 4 is 6.03 Å². The summed E-state index contributed by atoms with van der Waals surface area (Å²) in [5.74, 6) is 0.567. The average Bonchev–Trinajstić information content (AvgIpc) is 2.40. The van der Waals surface area contributed by atoms with E-state index in [1.165, 1.54) is 0 Å². The van der Waals surface area contributed by atoms with Crippen LogP contribution in [-0.2, 0) is 0 Å². The van der Waals surface area contributed by atoms with Crippen LogP contribution in [0, 0.1) is 5.92 Å². The van der Waals surface area contributed by atoms with Gasteiger partial charge in [0.05, 0.1) is 12.1 Å². The number of aliphatic hydroxyl groups excluding tert-OH is 1. The predicted molar refractivity (Wildman–Crippen MR) is 71.3 cm³/mol. The highest BCUT2D eigenvalue weighted by atomic mass is 16.3. The number of urea groups is 1. The van der Waals surface area contributed by atoms with E-state index >= 15 is 0 Å². The highest BCUT2D eigenvalue weighted by molar-refractivity contribution is 5.74. The summed E-state index contributed by atoms with van der Waals surface area (Å²) in [6.07, 6.45) is 11.2. The zero-order valence-corrected chi connectivity index (χ0v) is 10.9. The minimum atomic E-state index is -0.373. The van der Waals surface area contributed by atoms with Gasteiger partial charge in [-0.3, -0.25) is 0 Å². The molecular weight excluding hydrogens is 228 g/mol. The molecule has 0 aliphatic heterocycles. The Balaban J connectivity index is 1.66. The highest BCUT2D eigenvalue weighted by Gasteiger charge is 2.24. The van der Waals surface area contributed by atoms with E-state index in [-0.39, 0.29) is 18.2 Å². The van der Waals surface area contributed by atoms with Crippen molar-refractivity contribution in [2.24, 2.45) is 5.92 Å². The van der Waals surface area contributed by atoms with E-state index in [9.17, 15) is 9.90 Å². The van der Waals surface area contributed by atoms with E-state index in [0.717, 1.165) is 51.5 Å². The zero-order valence-electron chi connectivity index (χ0n) is 10.9. The molecule has 3 atom stereocenters. The fourth-order valence-electron chi connectivity index (χ4n) is 2.78. The molecule has 4 nitrogen and oxygen atoms in total. The minimum absolute atomic E-state index is 0.0648. The van der Waals surface area contributed by atoms with Crippen molar-refractivity contribution in [1.29, 1.82) is 0 Å². The van der Waals surface area contributed by atoms with Crippen molar-refractivity contribution in [3.8, 4) is 0 Å². The van der Waals surface area contributed by atoms with Gasteiger partial charge in [-0.25, -0.2) is 4.79 Å². The molecule has 4 heteroatoms. The monoisotopic (exact) mass is 252 g/mol. The third kappa shape index (κ3) is 4.02. The number of aliphatic hydroxyl groups is 1. The lowest BCUT2D eigenvalue weighted by Gasteiger charge is -2.28. The van der Waals surface area contributed by atoms with Crippen LogP contribution in [0.25, 0.3) is 0 Å². The van der Waals surface area contributed by atoms with E-state index in [1.54, 1.807) is 0 Å². The number of nitrogens with one attached hydrogen (secondary N) is 2. The maximum Gasteiger partial charge on any atom is 0.315 e. The number of hydrogen-bond acceptors (Lipinski definition) is 2. The first-order valence-corrected chi connectivity index (χ1v) is 7.13. The number of carbonyl (C=O) groups is 1. The molecule has 0 aromatic carbocycles. The van der Waals surface area contributed by atoms with Gasteiger partial charge in [-0.05, 0) is 38.0 Å². The molecule has 2 amide bonds. The van der Waals surface area contributed by atoms with Crippen LogP contribution in [0.2, 0.25) is 0 Å². The van der Waals surface area contributed by atoms with E-state index in [1.807, 2.05) is 0 Å². The van der Waals surface area contributed by atoms with Crippen LogP contribution in [0.15, 0.2) is 12.2 Å². The van der Waals surface area contributed by atoms with Crippen LogP contribution in [0.1, 0.15) is 44.9 Å². The Morgan fingerprint density at radius 1 is 1.22 bits per heavy atom. The number of rotatable bonds is 3. The van der Waals surface area contributed by atoms with E-state index < -0.39 is 0 Å². The Bertz CT molecular complexity index is 304. The number of carbonyl (C=O) groups excluding carboxylic acids is 1. The fraction of sp³-hybridized carbons (Fsp3) is 0.786. The second-order valence-corrected chi connectivity index (χ2v) is 5.46. The smallest absolute Gasteiger partial charge is 0.315 e. The van der Waals surface area contributed by atoms with E-state index in [4.69, 9.17) is 0 Å². The molecule has 2 aliphatic carbocycles. The normalized spacial score (nSPS) is 31.9. The van der Waals surface area contributed by atoms with Gasteiger partial charge in [0.2, 0.25) is 0 Å². The van der Waals surface area contributed by atoms with Crippen LogP contribution < -0.4 is 10.6 Å². The maximum absolute atomic E-state index is 11.7. The third-order valence-corrected chi connectivity index (χ3v) is 3.97. The molecule has 0 unspecified atom stereocenters. The Labute approximate surface area is 109 Å². The highest BCUT2D eigenvalue weighted by Crippen LogP contribution is 2.19. The van der Waals surface area contributed by atoms with E-state index in [0.29, 0.717) is 5.92 Å². The molecule has 3 N–H and O–H groups in total.